The van der Waals surface area contributed by atoms with Crippen molar-refractivity contribution in [2.24, 2.45) is 11.8 Å². The van der Waals surface area contributed by atoms with Gasteiger partial charge in [0.15, 0.2) is 15.0 Å². The van der Waals surface area contributed by atoms with Gasteiger partial charge in [0, 0.05) is 11.8 Å². The number of hydrogen-bond acceptors (Lipinski definition) is 2. The summed E-state index contributed by atoms with van der Waals surface area (Å²) in [5, 5.41) is 0. The van der Waals surface area contributed by atoms with E-state index >= 15 is 0 Å². The van der Waals surface area contributed by atoms with Gasteiger partial charge in [0.2, 0.25) is 0 Å². The molecule has 3 aliphatic carbocycles. The van der Waals surface area contributed by atoms with E-state index in [1.54, 1.807) is 0 Å². The molecule has 2 bridgehead atoms. The van der Waals surface area contributed by atoms with E-state index in [-0.39, 0.29) is 5.92 Å². The molecule has 0 amide bonds. The van der Waals surface area contributed by atoms with Crippen LogP contribution in [0.2, 0.25) is 0 Å². The van der Waals surface area contributed by atoms with Crippen LogP contribution in [-0.2, 0) is 9.53 Å². The number of rotatable bonds is 0. The summed E-state index contributed by atoms with van der Waals surface area (Å²) in [6.07, 6.45) is -0.548. The molecule has 2 nitrogen and oxygen atoms in total. The molecule has 1 aliphatic heterocycles. The van der Waals surface area contributed by atoms with E-state index in [9.17, 15) is 4.79 Å². The molecule has 1 saturated heterocycles. The molecule has 0 radical (unpaired) electrons. The highest BCUT2D eigenvalue weighted by Crippen LogP contribution is 2.86. The molecule has 17 heavy (non-hydrogen) atoms. The molecule has 0 aromatic heterocycles. The number of ketones is 1. The summed E-state index contributed by atoms with van der Waals surface area (Å²) >= 11 is 37.8. The third-order valence-electron chi connectivity index (χ3n) is 4.69. The fourth-order valence-electron chi connectivity index (χ4n) is 4.00. The minimum absolute atomic E-state index is 0.283. The largest absolute Gasteiger partial charge is 0.356 e. The molecule has 4 aliphatic rings. The van der Waals surface area contributed by atoms with Crippen LogP contribution in [0.1, 0.15) is 0 Å². The highest BCUT2D eigenvalue weighted by atomic mass is 35.5. The van der Waals surface area contributed by atoms with Gasteiger partial charge in [-0.05, 0) is 0 Å². The molecule has 3 saturated carbocycles. The van der Waals surface area contributed by atoms with Crippen molar-refractivity contribution in [3.05, 3.63) is 0 Å². The van der Waals surface area contributed by atoms with Gasteiger partial charge in [-0.2, -0.15) is 0 Å². The van der Waals surface area contributed by atoms with Crippen molar-refractivity contribution >= 4 is 75.4 Å². The minimum Gasteiger partial charge on any atom is -0.356 e. The van der Waals surface area contributed by atoms with Gasteiger partial charge < -0.3 is 4.74 Å². The zero-order chi connectivity index (χ0) is 12.6. The van der Waals surface area contributed by atoms with E-state index in [1.807, 2.05) is 0 Å². The molecule has 3 unspecified atom stereocenters. The van der Waals surface area contributed by atoms with Gasteiger partial charge in [0.05, 0.1) is 6.10 Å². The Labute approximate surface area is 127 Å². The molecule has 7 atom stereocenters. The van der Waals surface area contributed by atoms with Crippen LogP contribution in [0.15, 0.2) is 0 Å². The van der Waals surface area contributed by atoms with Gasteiger partial charge in [0.25, 0.3) is 0 Å². The molecule has 1 heterocycles. The quantitative estimate of drug-likeness (QED) is 0.624. The summed E-state index contributed by atoms with van der Waals surface area (Å²) in [7, 11) is 0. The second-order valence-corrected chi connectivity index (χ2v) is 8.54. The van der Waals surface area contributed by atoms with E-state index in [0.29, 0.717) is 0 Å². The predicted molar refractivity (Wildman–Crippen MR) is 66.7 cm³/mol. The summed E-state index contributed by atoms with van der Waals surface area (Å²) in [5.74, 6) is -1.25. The standard InChI is InChI=1S/C9H4Cl6O2/c10-4-2-1-3(17-4)7(12)5(16)6(2,11)9(14,15)8(1,7)13/h1-4H/t1-,2+,3?,4?,6-,7?,8+/m0/s1. The zero-order valence-electron chi connectivity index (χ0n) is 7.89. The van der Waals surface area contributed by atoms with Crippen molar-refractivity contribution in [2.45, 2.75) is 30.6 Å². The van der Waals surface area contributed by atoms with E-state index in [2.05, 4.69) is 0 Å². The Kier molecular flexibility index (Phi) is 1.94. The lowest BCUT2D eigenvalue weighted by Gasteiger charge is -2.57. The zero-order valence-corrected chi connectivity index (χ0v) is 12.4. The first kappa shape index (κ1) is 12.1. The number of hydrogen-bond donors (Lipinski definition) is 0. The maximum absolute atomic E-state index is 12.4. The molecule has 8 heteroatoms. The summed E-state index contributed by atoms with van der Waals surface area (Å²) in [5.41, 5.74) is -0.743. The normalized spacial score (nSPS) is 69.6. The Morgan fingerprint density at radius 1 is 1.00 bits per heavy atom. The van der Waals surface area contributed by atoms with Gasteiger partial charge in [-0.1, -0.05) is 34.8 Å². The van der Waals surface area contributed by atoms with E-state index < -0.39 is 42.3 Å². The van der Waals surface area contributed by atoms with Crippen LogP contribution in [0, 0.1) is 11.8 Å². The molecule has 0 aromatic carbocycles. The smallest absolute Gasteiger partial charge is 0.182 e. The first-order valence-corrected chi connectivity index (χ1v) is 7.28. The molecular weight excluding hydrogens is 353 g/mol. The molecule has 0 aromatic rings. The fourth-order valence-corrected chi connectivity index (χ4v) is 7.44. The van der Waals surface area contributed by atoms with Gasteiger partial charge in [-0.25, -0.2) is 0 Å². The number of fused-ring (bicyclic) bond motifs is 3. The van der Waals surface area contributed by atoms with Crippen LogP contribution in [-0.4, -0.2) is 36.4 Å². The van der Waals surface area contributed by atoms with Crippen LogP contribution >= 0.6 is 69.6 Å². The summed E-state index contributed by atoms with van der Waals surface area (Å²) in [6, 6.07) is 0. The van der Waals surface area contributed by atoms with Crippen molar-refractivity contribution in [3.8, 4) is 0 Å². The first-order valence-electron chi connectivity index (χ1n) is 4.95. The van der Waals surface area contributed by atoms with E-state index in [0.717, 1.165) is 0 Å². The SMILES string of the molecule is O=C1C2(Cl)C3OC(Cl)[C@H]4[C@@H]3[C@]2(Cl)C(Cl)(Cl)[C@@]14Cl. The Balaban J connectivity index is 2.09. The molecule has 4 fully saturated rings. The van der Waals surface area contributed by atoms with Crippen LogP contribution in [0.25, 0.3) is 0 Å². The van der Waals surface area contributed by atoms with Crippen molar-refractivity contribution in [3.63, 3.8) is 0 Å². The topological polar surface area (TPSA) is 26.3 Å². The summed E-state index contributed by atoms with van der Waals surface area (Å²) in [4.78, 5) is 8.08. The molecular formula is C9H4Cl6O2. The third kappa shape index (κ3) is 0.742. The van der Waals surface area contributed by atoms with Gasteiger partial charge in [0.1, 0.15) is 15.3 Å². The summed E-state index contributed by atoms with van der Waals surface area (Å²) in [6.45, 7) is 0. The lowest BCUT2D eigenvalue weighted by molar-refractivity contribution is -0.136. The number of alkyl halides is 6. The average Bonchev–Trinajstić information content (AvgIpc) is 2.65. The van der Waals surface area contributed by atoms with Crippen molar-refractivity contribution in [1.82, 2.24) is 0 Å². The lowest BCUT2D eigenvalue weighted by Crippen LogP contribution is -2.76. The van der Waals surface area contributed by atoms with Crippen molar-refractivity contribution < 1.29 is 9.53 Å². The monoisotopic (exact) mass is 354 g/mol. The Morgan fingerprint density at radius 3 is 2.12 bits per heavy atom. The van der Waals surface area contributed by atoms with Gasteiger partial charge in [-0.3, -0.25) is 4.79 Å². The number of carbonyl (C=O) groups excluding carboxylic acids is 1. The Morgan fingerprint density at radius 2 is 1.59 bits per heavy atom. The lowest BCUT2D eigenvalue weighted by atomic mass is 9.57. The second-order valence-electron chi connectivity index (χ2n) is 5.00. The average molecular weight is 357 g/mol. The van der Waals surface area contributed by atoms with Crippen LogP contribution in [0.5, 0.6) is 0 Å². The Hall–Kier alpha value is 1.37. The van der Waals surface area contributed by atoms with Crippen molar-refractivity contribution in [1.29, 1.82) is 0 Å². The van der Waals surface area contributed by atoms with Crippen LogP contribution < -0.4 is 0 Å². The van der Waals surface area contributed by atoms with Crippen LogP contribution in [0.4, 0.5) is 0 Å². The number of Topliss-reactive ketones (excluding diaryl/α,β-unsaturated/α-hetero) is 1. The maximum atomic E-state index is 12.4. The summed E-state index contributed by atoms with van der Waals surface area (Å²) < 4.78 is 3.84. The number of ether oxygens (including phenoxy) is 1. The van der Waals surface area contributed by atoms with Gasteiger partial charge >= 0.3 is 0 Å². The third-order valence-corrected chi connectivity index (χ3v) is 8.96. The number of carbonyl (C=O) groups is 1. The van der Waals surface area contributed by atoms with Crippen LogP contribution in [0.3, 0.4) is 0 Å². The van der Waals surface area contributed by atoms with Gasteiger partial charge in [-0.15, -0.1) is 34.8 Å². The fraction of sp³-hybridized carbons (Fsp3) is 0.889. The molecule has 94 valence electrons. The Bertz CT molecular complexity index is 482. The molecule has 0 spiro atoms. The number of halogens is 6. The predicted octanol–water partition coefficient (Wildman–Crippen LogP) is 2.90. The minimum atomic E-state index is -1.63. The first-order chi connectivity index (χ1) is 7.66. The highest BCUT2D eigenvalue weighted by Gasteiger charge is 3.03. The van der Waals surface area contributed by atoms with Crippen molar-refractivity contribution in [2.75, 3.05) is 0 Å². The molecule has 4 rings (SSSR count). The highest BCUT2D eigenvalue weighted by molar-refractivity contribution is 6.69. The molecule has 0 N–H and O–H groups in total. The maximum Gasteiger partial charge on any atom is 0.182 e. The van der Waals surface area contributed by atoms with E-state index in [4.69, 9.17) is 74.3 Å². The second kappa shape index (κ2) is 2.72. The van der Waals surface area contributed by atoms with E-state index in [1.165, 1.54) is 0 Å².